The molecule has 0 aliphatic carbocycles. The van der Waals surface area contributed by atoms with Crippen LogP contribution in [0.4, 0.5) is 0 Å². The maximum Gasteiger partial charge on any atom is 0.344 e. The molecule has 0 saturated heterocycles. The smallest absolute Gasteiger partial charge is 0.344 e. The molecule has 0 atom stereocenters. The third kappa shape index (κ3) is 2.44. The van der Waals surface area contributed by atoms with Crippen molar-refractivity contribution in [1.29, 1.82) is 0 Å². The van der Waals surface area contributed by atoms with Crippen LogP contribution in [0.25, 0.3) is 33.4 Å². The maximum atomic E-state index is 12.3. The summed E-state index contributed by atoms with van der Waals surface area (Å²) in [5.74, 6) is 0. The Hall–Kier alpha value is -3.14. The number of benzene rings is 2. The van der Waals surface area contributed by atoms with Crippen LogP contribution < -0.4 is 5.63 Å². The topological polar surface area (TPSA) is 48.0 Å². The van der Waals surface area contributed by atoms with Gasteiger partial charge in [0.25, 0.3) is 0 Å². The van der Waals surface area contributed by atoms with Crippen LogP contribution in [0.15, 0.2) is 76.1 Å². The van der Waals surface area contributed by atoms with Crippen molar-refractivity contribution in [1.82, 2.24) is 9.78 Å². The Kier molecular flexibility index (Phi) is 3.08. The van der Waals surface area contributed by atoms with Crippen molar-refractivity contribution in [2.45, 2.75) is 0 Å². The minimum Gasteiger partial charge on any atom is -0.422 e. The van der Waals surface area contributed by atoms with E-state index in [1.54, 1.807) is 4.68 Å². The summed E-state index contributed by atoms with van der Waals surface area (Å²) >= 11 is 0. The van der Waals surface area contributed by atoms with Gasteiger partial charge in [0.05, 0.1) is 11.3 Å². The van der Waals surface area contributed by atoms with Crippen molar-refractivity contribution in [2.75, 3.05) is 0 Å². The van der Waals surface area contributed by atoms with E-state index in [0.717, 1.165) is 22.2 Å². The van der Waals surface area contributed by atoms with Gasteiger partial charge in [0.1, 0.15) is 5.58 Å². The minimum atomic E-state index is -0.332. The van der Waals surface area contributed by atoms with Crippen LogP contribution in [0.2, 0.25) is 0 Å². The SMILES string of the molecule is Cn1ccc(-c2ccc3cc(-c4ccccc4)c(=O)oc3c2)n1. The van der Waals surface area contributed by atoms with Gasteiger partial charge in [0.15, 0.2) is 0 Å². The molecule has 0 unspecified atom stereocenters. The van der Waals surface area contributed by atoms with E-state index in [4.69, 9.17) is 4.42 Å². The van der Waals surface area contributed by atoms with Gasteiger partial charge in [-0.05, 0) is 23.8 Å². The van der Waals surface area contributed by atoms with Gasteiger partial charge in [-0.15, -0.1) is 0 Å². The zero-order valence-electron chi connectivity index (χ0n) is 12.6. The van der Waals surface area contributed by atoms with Gasteiger partial charge in [-0.2, -0.15) is 5.10 Å². The fourth-order valence-electron chi connectivity index (χ4n) is 2.66. The van der Waals surface area contributed by atoms with Crippen LogP contribution in [-0.2, 0) is 7.05 Å². The quantitative estimate of drug-likeness (QED) is 0.528. The molecule has 4 heteroatoms. The summed E-state index contributed by atoms with van der Waals surface area (Å²) in [6.07, 6.45) is 1.88. The second kappa shape index (κ2) is 5.25. The molecule has 112 valence electrons. The lowest BCUT2D eigenvalue weighted by Crippen LogP contribution is -2.02. The number of hydrogen-bond acceptors (Lipinski definition) is 3. The van der Waals surface area contributed by atoms with E-state index in [1.165, 1.54) is 0 Å². The molecule has 0 aliphatic rings. The third-order valence-electron chi connectivity index (χ3n) is 3.83. The lowest BCUT2D eigenvalue weighted by Gasteiger charge is -2.04. The highest BCUT2D eigenvalue weighted by Crippen LogP contribution is 2.25. The number of fused-ring (bicyclic) bond motifs is 1. The summed E-state index contributed by atoms with van der Waals surface area (Å²) in [5, 5.41) is 5.26. The van der Waals surface area contributed by atoms with E-state index in [1.807, 2.05) is 73.9 Å². The van der Waals surface area contributed by atoms with E-state index in [2.05, 4.69) is 5.10 Å². The largest absolute Gasteiger partial charge is 0.422 e. The van der Waals surface area contributed by atoms with Crippen molar-refractivity contribution < 1.29 is 4.42 Å². The number of nitrogens with zero attached hydrogens (tertiary/aromatic N) is 2. The summed E-state index contributed by atoms with van der Waals surface area (Å²) in [5.41, 5.74) is 3.44. The number of aryl methyl sites for hydroxylation is 1. The van der Waals surface area contributed by atoms with E-state index in [-0.39, 0.29) is 5.63 Å². The minimum absolute atomic E-state index is 0.332. The maximum absolute atomic E-state index is 12.3. The normalized spacial score (nSPS) is 11.0. The number of aromatic nitrogens is 2. The van der Waals surface area contributed by atoms with Crippen molar-refractivity contribution in [3.8, 4) is 22.4 Å². The third-order valence-corrected chi connectivity index (χ3v) is 3.83. The van der Waals surface area contributed by atoms with E-state index in [9.17, 15) is 4.79 Å². The highest BCUT2D eigenvalue weighted by atomic mass is 16.4. The molecule has 0 radical (unpaired) electrons. The summed E-state index contributed by atoms with van der Waals surface area (Å²) in [7, 11) is 1.87. The van der Waals surface area contributed by atoms with E-state index < -0.39 is 0 Å². The Bertz CT molecular complexity index is 1050. The van der Waals surface area contributed by atoms with Crippen LogP contribution in [0.5, 0.6) is 0 Å². The monoisotopic (exact) mass is 302 g/mol. The van der Waals surface area contributed by atoms with Crippen molar-refractivity contribution in [2.24, 2.45) is 7.05 Å². The first-order valence-corrected chi connectivity index (χ1v) is 7.34. The van der Waals surface area contributed by atoms with Crippen LogP contribution >= 0.6 is 0 Å². The molecule has 2 aromatic carbocycles. The molecule has 2 aromatic heterocycles. The standard InChI is InChI=1S/C19H14N2O2/c1-21-10-9-17(20-21)14-7-8-15-11-16(13-5-3-2-4-6-13)19(22)23-18(15)12-14/h2-12H,1H3. The second-order valence-electron chi connectivity index (χ2n) is 5.44. The molecule has 0 bridgehead atoms. The van der Waals surface area contributed by atoms with Crippen molar-refractivity contribution in [3.63, 3.8) is 0 Å². The molecule has 4 rings (SSSR count). The van der Waals surface area contributed by atoms with Crippen molar-refractivity contribution >= 4 is 11.0 Å². The first-order valence-electron chi connectivity index (χ1n) is 7.34. The average Bonchev–Trinajstić information content (AvgIpc) is 3.01. The molecule has 2 heterocycles. The summed E-state index contributed by atoms with van der Waals surface area (Å²) < 4.78 is 7.27. The fraction of sp³-hybridized carbons (Fsp3) is 0.0526. The van der Waals surface area contributed by atoms with Gasteiger partial charge in [-0.3, -0.25) is 4.68 Å². The van der Waals surface area contributed by atoms with Gasteiger partial charge >= 0.3 is 5.63 Å². The predicted octanol–water partition coefficient (Wildman–Crippen LogP) is 3.86. The van der Waals surface area contributed by atoms with E-state index >= 15 is 0 Å². The fourth-order valence-corrected chi connectivity index (χ4v) is 2.66. The van der Waals surface area contributed by atoms with Gasteiger partial charge in [-0.25, -0.2) is 4.79 Å². The Labute approximate surface area is 132 Å². The van der Waals surface area contributed by atoms with Gasteiger partial charge in [0.2, 0.25) is 0 Å². The zero-order valence-corrected chi connectivity index (χ0v) is 12.6. The Balaban J connectivity index is 1.87. The van der Waals surface area contributed by atoms with Crippen LogP contribution in [-0.4, -0.2) is 9.78 Å². The molecule has 0 N–H and O–H groups in total. The Morgan fingerprint density at radius 1 is 0.957 bits per heavy atom. The van der Waals surface area contributed by atoms with Gasteiger partial charge in [0, 0.05) is 24.2 Å². The molecule has 0 saturated carbocycles. The first-order chi connectivity index (χ1) is 11.2. The van der Waals surface area contributed by atoms with Gasteiger partial charge in [-0.1, -0.05) is 42.5 Å². The molecule has 23 heavy (non-hydrogen) atoms. The molecule has 4 nitrogen and oxygen atoms in total. The summed E-state index contributed by atoms with van der Waals surface area (Å²) in [6.45, 7) is 0. The number of hydrogen-bond donors (Lipinski definition) is 0. The molecule has 0 fully saturated rings. The molecule has 0 amide bonds. The molecular formula is C19H14N2O2. The van der Waals surface area contributed by atoms with E-state index in [0.29, 0.717) is 11.1 Å². The molecule has 0 aliphatic heterocycles. The average molecular weight is 302 g/mol. The molecule has 0 spiro atoms. The van der Waals surface area contributed by atoms with Gasteiger partial charge < -0.3 is 4.42 Å². The lowest BCUT2D eigenvalue weighted by atomic mass is 10.0. The first kappa shape index (κ1) is 13.5. The van der Waals surface area contributed by atoms with Crippen LogP contribution in [0.3, 0.4) is 0 Å². The number of rotatable bonds is 2. The van der Waals surface area contributed by atoms with Crippen molar-refractivity contribution in [3.05, 3.63) is 77.3 Å². The molecule has 4 aromatic rings. The second-order valence-corrected chi connectivity index (χ2v) is 5.44. The molecular weight excluding hydrogens is 288 g/mol. The summed E-state index contributed by atoms with van der Waals surface area (Å²) in [4.78, 5) is 12.3. The highest BCUT2D eigenvalue weighted by Gasteiger charge is 2.09. The highest BCUT2D eigenvalue weighted by molar-refractivity contribution is 5.85. The van der Waals surface area contributed by atoms with Crippen LogP contribution in [0.1, 0.15) is 0 Å². The summed E-state index contributed by atoms with van der Waals surface area (Å²) in [6, 6.07) is 19.1. The Morgan fingerprint density at radius 3 is 2.52 bits per heavy atom. The lowest BCUT2D eigenvalue weighted by molar-refractivity contribution is 0.563. The van der Waals surface area contributed by atoms with Crippen LogP contribution in [0, 0.1) is 0 Å². The zero-order chi connectivity index (χ0) is 15.8. The Morgan fingerprint density at radius 2 is 1.78 bits per heavy atom. The predicted molar refractivity (Wildman–Crippen MR) is 90.1 cm³/mol.